The van der Waals surface area contributed by atoms with Crippen molar-refractivity contribution in [3.05, 3.63) is 47.3 Å². The van der Waals surface area contributed by atoms with E-state index in [1.54, 1.807) is 11.6 Å². The molecule has 2 heterocycles. The molecule has 1 aromatic carbocycles. The first kappa shape index (κ1) is 18.8. The Morgan fingerprint density at radius 3 is 2.67 bits per heavy atom. The monoisotopic (exact) mass is 393 g/mol. The van der Waals surface area contributed by atoms with Gasteiger partial charge in [-0.3, -0.25) is 4.79 Å². The zero-order valence-electron chi connectivity index (χ0n) is 14.8. The number of anilines is 1. The molecule has 0 aliphatic rings. The second kappa shape index (κ2) is 7.35. The number of aromatic nitrogens is 5. The van der Waals surface area contributed by atoms with Crippen molar-refractivity contribution in [2.45, 2.75) is 31.2 Å². The fraction of sp³-hybridized carbons (Fsp3) is 0.250. The SMILES string of the molecule is Cc1cc(C)n(-c2nnc(S[C@@H](C)C(=O)Nc3cc(F)ccc3F)n2N)n1. The van der Waals surface area contributed by atoms with Crippen LogP contribution < -0.4 is 11.2 Å². The molecule has 8 nitrogen and oxygen atoms in total. The van der Waals surface area contributed by atoms with Crippen LogP contribution >= 0.6 is 11.8 Å². The molecule has 27 heavy (non-hydrogen) atoms. The van der Waals surface area contributed by atoms with Crippen molar-refractivity contribution in [3.8, 4) is 5.95 Å². The number of halogens is 2. The van der Waals surface area contributed by atoms with Crippen LogP contribution in [0.2, 0.25) is 0 Å². The molecule has 142 valence electrons. The quantitative estimate of drug-likeness (QED) is 0.509. The lowest BCUT2D eigenvalue weighted by Gasteiger charge is -2.12. The summed E-state index contributed by atoms with van der Waals surface area (Å²) in [5.74, 6) is 4.42. The van der Waals surface area contributed by atoms with Gasteiger partial charge in [-0.05, 0) is 39.0 Å². The van der Waals surface area contributed by atoms with E-state index in [2.05, 4.69) is 20.6 Å². The van der Waals surface area contributed by atoms with Crippen LogP contribution in [0.1, 0.15) is 18.3 Å². The maximum atomic E-state index is 13.7. The van der Waals surface area contributed by atoms with E-state index in [9.17, 15) is 13.6 Å². The Balaban J connectivity index is 1.74. The lowest BCUT2D eigenvalue weighted by atomic mass is 10.3. The zero-order chi connectivity index (χ0) is 19.7. The summed E-state index contributed by atoms with van der Waals surface area (Å²) in [5, 5.41) is 14.2. The highest BCUT2D eigenvalue weighted by Crippen LogP contribution is 2.24. The van der Waals surface area contributed by atoms with Gasteiger partial charge in [0.15, 0.2) is 0 Å². The summed E-state index contributed by atoms with van der Waals surface area (Å²) < 4.78 is 29.7. The van der Waals surface area contributed by atoms with E-state index in [4.69, 9.17) is 5.84 Å². The smallest absolute Gasteiger partial charge is 0.271 e. The van der Waals surface area contributed by atoms with Crippen LogP contribution in [0.5, 0.6) is 0 Å². The average molecular weight is 393 g/mol. The maximum Gasteiger partial charge on any atom is 0.271 e. The second-order valence-corrected chi connectivity index (χ2v) is 7.17. The molecule has 0 aliphatic heterocycles. The number of carbonyl (C=O) groups excluding carboxylic acids is 1. The minimum absolute atomic E-state index is 0.231. The Morgan fingerprint density at radius 2 is 2.00 bits per heavy atom. The van der Waals surface area contributed by atoms with E-state index in [1.165, 1.54) is 4.68 Å². The Morgan fingerprint density at radius 1 is 1.26 bits per heavy atom. The number of thioether (sulfide) groups is 1. The van der Waals surface area contributed by atoms with Crippen molar-refractivity contribution in [1.82, 2.24) is 24.7 Å². The number of benzene rings is 1. The van der Waals surface area contributed by atoms with Gasteiger partial charge in [0, 0.05) is 11.8 Å². The summed E-state index contributed by atoms with van der Waals surface area (Å²) >= 11 is 1.03. The maximum absolute atomic E-state index is 13.7. The molecule has 2 aromatic heterocycles. The second-order valence-electron chi connectivity index (χ2n) is 5.86. The lowest BCUT2D eigenvalue weighted by molar-refractivity contribution is -0.115. The molecule has 3 N–H and O–H groups in total. The fourth-order valence-corrected chi connectivity index (χ4v) is 3.13. The number of hydrogen-bond donors (Lipinski definition) is 2. The molecule has 0 fully saturated rings. The Hall–Kier alpha value is -2.95. The third kappa shape index (κ3) is 3.92. The Bertz CT molecular complexity index is 1000. The van der Waals surface area contributed by atoms with Crippen LogP contribution in [-0.2, 0) is 4.79 Å². The van der Waals surface area contributed by atoms with Gasteiger partial charge in [0.2, 0.25) is 11.1 Å². The molecule has 11 heteroatoms. The molecular formula is C16H17F2N7OS. The van der Waals surface area contributed by atoms with Gasteiger partial charge in [0.05, 0.1) is 16.6 Å². The van der Waals surface area contributed by atoms with Gasteiger partial charge in [-0.25, -0.2) is 18.1 Å². The third-order valence-corrected chi connectivity index (χ3v) is 4.74. The van der Waals surface area contributed by atoms with E-state index in [-0.39, 0.29) is 10.8 Å². The number of nitrogens with one attached hydrogen (secondary N) is 1. The summed E-state index contributed by atoms with van der Waals surface area (Å²) in [6.45, 7) is 5.29. The fourth-order valence-electron chi connectivity index (χ4n) is 2.36. The molecule has 3 aromatic rings. The van der Waals surface area contributed by atoms with Crippen molar-refractivity contribution in [2.75, 3.05) is 11.2 Å². The number of nitrogens with zero attached hydrogens (tertiary/aromatic N) is 5. The topological polar surface area (TPSA) is 104 Å². The van der Waals surface area contributed by atoms with Crippen LogP contribution in [0, 0.1) is 25.5 Å². The van der Waals surface area contributed by atoms with Crippen LogP contribution in [-0.4, -0.2) is 35.8 Å². The van der Waals surface area contributed by atoms with Crippen LogP contribution in [0.3, 0.4) is 0 Å². The predicted octanol–water partition coefficient (Wildman–Crippen LogP) is 2.19. The summed E-state index contributed by atoms with van der Waals surface area (Å²) in [6.07, 6.45) is 0. The third-order valence-electron chi connectivity index (χ3n) is 3.68. The minimum atomic E-state index is -0.726. The van der Waals surface area contributed by atoms with Gasteiger partial charge in [-0.15, -0.1) is 10.2 Å². The van der Waals surface area contributed by atoms with Crippen LogP contribution in [0.4, 0.5) is 14.5 Å². The predicted molar refractivity (Wildman–Crippen MR) is 97.1 cm³/mol. The average Bonchev–Trinajstić information content (AvgIpc) is 3.12. The lowest BCUT2D eigenvalue weighted by Crippen LogP contribution is -2.24. The highest BCUT2D eigenvalue weighted by Gasteiger charge is 2.22. The normalized spacial score (nSPS) is 12.2. The molecule has 0 saturated carbocycles. The molecule has 3 rings (SSSR count). The van der Waals surface area contributed by atoms with Crippen molar-refractivity contribution in [2.24, 2.45) is 0 Å². The first-order valence-electron chi connectivity index (χ1n) is 7.93. The van der Waals surface area contributed by atoms with E-state index >= 15 is 0 Å². The number of amides is 1. The van der Waals surface area contributed by atoms with Gasteiger partial charge >= 0.3 is 0 Å². The summed E-state index contributed by atoms with van der Waals surface area (Å²) in [4.78, 5) is 12.3. The van der Waals surface area contributed by atoms with E-state index in [0.29, 0.717) is 5.95 Å². The molecule has 1 amide bonds. The molecule has 0 aliphatic carbocycles. The van der Waals surface area contributed by atoms with E-state index < -0.39 is 22.8 Å². The van der Waals surface area contributed by atoms with Crippen LogP contribution in [0.25, 0.3) is 5.95 Å². The number of nitrogens with two attached hydrogens (primary N) is 1. The summed E-state index contributed by atoms with van der Waals surface area (Å²) in [6, 6.07) is 4.70. The van der Waals surface area contributed by atoms with Gasteiger partial charge in [0.25, 0.3) is 5.95 Å². The summed E-state index contributed by atoms with van der Waals surface area (Å²) in [5.41, 5.74) is 1.40. The first-order valence-corrected chi connectivity index (χ1v) is 8.81. The van der Waals surface area contributed by atoms with Crippen molar-refractivity contribution < 1.29 is 13.6 Å². The number of aryl methyl sites for hydroxylation is 2. The molecule has 0 spiro atoms. The molecule has 1 atom stereocenters. The van der Waals surface area contributed by atoms with E-state index in [0.717, 1.165) is 41.3 Å². The summed E-state index contributed by atoms with van der Waals surface area (Å²) in [7, 11) is 0. The molecule has 0 radical (unpaired) electrons. The molecular weight excluding hydrogens is 376 g/mol. The van der Waals surface area contributed by atoms with Gasteiger partial charge in [-0.1, -0.05) is 11.8 Å². The highest BCUT2D eigenvalue weighted by molar-refractivity contribution is 8.00. The van der Waals surface area contributed by atoms with Crippen molar-refractivity contribution in [3.63, 3.8) is 0 Å². The first-order chi connectivity index (χ1) is 12.8. The van der Waals surface area contributed by atoms with Gasteiger partial charge in [0.1, 0.15) is 11.6 Å². The molecule has 0 saturated heterocycles. The molecule has 0 bridgehead atoms. The van der Waals surface area contributed by atoms with E-state index in [1.807, 2.05) is 19.9 Å². The highest BCUT2D eigenvalue weighted by atomic mass is 32.2. The van der Waals surface area contributed by atoms with Crippen molar-refractivity contribution in [1.29, 1.82) is 0 Å². The standard InChI is InChI=1S/C16H17F2N7OS/c1-8-6-9(2)25(23-8)15-21-22-16(24(15)19)27-10(3)14(26)20-13-7-11(17)4-5-12(13)18/h4-7,10H,19H2,1-3H3,(H,20,26)/t10-/m0/s1. The zero-order valence-corrected chi connectivity index (χ0v) is 15.6. The number of nitrogen functional groups attached to an aromatic ring is 1. The van der Waals surface area contributed by atoms with Crippen molar-refractivity contribution >= 4 is 23.4 Å². The number of rotatable bonds is 5. The Labute approximate surface area is 157 Å². The van der Waals surface area contributed by atoms with Gasteiger partial charge in [-0.2, -0.15) is 5.10 Å². The number of carbonyl (C=O) groups is 1. The molecule has 0 unspecified atom stereocenters. The minimum Gasteiger partial charge on any atom is -0.334 e. The Kier molecular flexibility index (Phi) is 5.13. The number of hydrogen-bond acceptors (Lipinski definition) is 6. The largest absolute Gasteiger partial charge is 0.334 e. The van der Waals surface area contributed by atoms with Gasteiger partial charge < -0.3 is 11.2 Å². The van der Waals surface area contributed by atoms with Crippen LogP contribution in [0.15, 0.2) is 29.4 Å².